The minimum absolute atomic E-state index is 0.136. The van der Waals surface area contributed by atoms with Crippen LogP contribution in [0.5, 0.6) is 5.75 Å². The van der Waals surface area contributed by atoms with E-state index in [1.54, 1.807) is 12.3 Å². The number of para-hydroxylation sites is 1. The maximum atomic E-state index is 13.4. The quantitative estimate of drug-likeness (QED) is 0.519. The number of nitrogens with one attached hydrogen (secondary N) is 1. The number of halogens is 3. The van der Waals surface area contributed by atoms with Gasteiger partial charge in [0, 0.05) is 42.0 Å². The zero-order valence-electron chi connectivity index (χ0n) is 14.7. The fourth-order valence-electron chi connectivity index (χ4n) is 3.03. The third kappa shape index (κ3) is 3.48. The van der Waals surface area contributed by atoms with Crippen LogP contribution >= 0.6 is 0 Å². The lowest BCUT2D eigenvalue weighted by atomic mass is 10.1. The molecule has 2 heterocycles. The Balaban J connectivity index is 1.70. The first kappa shape index (κ1) is 17.8. The standard InChI is InChI=1S/C20H15F3N4O/c1-27-11-14(13-4-2-3-5-17(13)27)15-8-9-24-20(25-15)26-16-7-6-12(21)10-18(16)28-19(22)23/h2-11,19H,1H3,(H,24,25,26). The maximum Gasteiger partial charge on any atom is 0.387 e. The highest BCUT2D eigenvalue weighted by atomic mass is 19.3. The number of aryl methyl sites for hydroxylation is 1. The summed E-state index contributed by atoms with van der Waals surface area (Å²) < 4.78 is 45.0. The van der Waals surface area contributed by atoms with Gasteiger partial charge in [-0.2, -0.15) is 8.78 Å². The van der Waals surface area contributed by atoms with Crippen LogP contribution in [0.4, 0.5) is 24.8 Å². The highest BCUT2D eigenvalue weighted by Gasteiger charge is 2.14. The molecular weight excluding hydrogens is 369 g/mol. The molecule has 0 atom stereocenters. The number of anilines is 2. The number of hydrogen-bond donors (Lipinski definition) is 1. The predicted molar refractivity (Wildman–Crippen MR) is 100 cm³/mol. The Bertz CT molecular complexity index is 1140. The lowest BCUT2D eigenvalue weighted by Crippen LogP contribution is -2.06. The number of nitrogens with zero attached hydrogens (tertiary/aromatic N) is 3. The predicted octanol–water partition coefficient (Wildman–Crippen LogP) is 5.12. The van der Waals surface area contributed by atoms with Gasteiger partial charge in [0.25, 0.3) is 0 Å². The van der Waals surface area contributed by atoms with Crippen molar-refractivity contribution in [3.05, 3.63) is 66.7 Å². The van der Waals surface area contributed by atoms with Gasteiger partial charge in [0.05, 0.1) is 11.4 Å². The van der Waals surface area contributed by atoms with Crippen molar-refractivity contribution in [2.45, 2.75) is 6.61 Å². The van der Waals surface area contributed by atoms with E-state index in [1.807, 2.05) is 42.1 Å². The summed E-state index contributed by atoms with van der Waals surface area (Å²) in [6, 6.07) is 13.0. The Morgan fingerprint density at radius 2 is 1.93 bits per heavy atom. The molecule has 0 spiro atoms. The molecule has 5 nitrogen and oxygen atoms in total. The molecule has 0 saturated carbocycles. The Labute approximate surface area is 158 Å². The second-order valence-electron chi connectivity index (χ2n) is 6.08. The van der Waals surface area contributed by atoms with E-state index in [2.05, 4.69) is 20.0 Å². The van der Waals surface area contributed by atoms with Gasteiger partial charge < -0.3 is 14.6 Å². The van der Waals surface area contributed by atoms with Gasteiger partial charge in [-0.1, -0.05) is 18.2 Å². The van der Waals surface area contributed by atoms with Gasteiger partial charge in [0.1, 0.15) is 5.82 Å². The lowest BCUT2D eigenvalue weighted by molar-refractivity contribution is -0.0494. The van der Waals surface area contributed by atoms with E-state index < -0.39 is 12.4 Å². The molecule has 0 saturated heterocycles. The van der Waals surface area contributed by atoms with E-state index in [9.17, 15) is 13.2 Å². The van der Waals surface area contributed by atoms with Crippen LogP contribution in [0.15, 0.2) is 60.9 Å². The Morgan fingerprint density at radius 3 is 2.75 bits per heavy atom. The third-order valence-corrected chi connectivity index (χ3v) is 4.23. The van der Waals surface area contributed by atoms with Crippen molar-refractivity contribution in [2.24, 2.45) is 7.05 Å². The lowest BCUT2D eigenvalue weighted by Gasteiger charge is -2.12. The fourth-order valence-corrected chi connectivity index (χ4v) is 3.03. The zero-order chi connectivity index (χ0) is 19.7. The molecule has 0 radical (unpaired) electrons. The average molecular weight is 384 g/mol. The second-order valence-corrected chi connectivity index (χ2v) is 6.08. The van der Waals surface area contributed by atoms with Crippen molar-refractivity contribution in [1.29, 1.82) is 0 Å². The summed E-state index contributed by atoms with van der Waals surface area (Å²) in [5.41, 5.74) is 2.76. The number of ether oxygens (including phenoxy) is 1. The first-order valence-corrected chi connectivity index (χ1v) is 8.40. The molecule has 0 aliphatic heterocycles. The van der Waals surface area contributed by atoms with Gasteiger partial charge in [-0.05, 0) is 24.3 Å². The SMILES string of the molecule is Cn1cc(-c2ccnc(Nc3ccc(F)cc3OC(F)F)n2)c2ccccc21. The van der Waals surface area contributed by atoms with Crippen LogP contribution in [-0.4, -0.2) is 21.1 Å². The van der Waals surface area contributed by atoms with E-state index in [1.165, 1.54) is 6.07 Å². The summed E-state index contributed by atoms with van der Waals surface area (Å²) in [6.07, 6.45) is 3.52. The van der Waals surface area contributed by atoms with Crippen molar-refractivity contribution in [1.82, 2.24) is 14.5 Å². The Hall–Kier alpha value is -3.55. The van der Waals surface area contributed by atoms with Gasteiger partial charge in [-0.3, -0.25) is 0 Å². The molecule has 0 aliphatic carbocycles. The third-order valence-electron chi connectivity index (χ3n) is 4.23. The molecule has 1 N–H and O–H groups in total. The van der Waals surface area contributed by atoms with Gasteiger partial charge >= 0.3 is 6.61 Å². The molecule has 142 valence electrons. The second kappa shape index (κ2) is 7.22. The van der Waals surface area contributed by atoms with E-state index in [0.29, 0.717) is 5.69 Å². The molecule has 0 unspecified atom stereocenters. The smallest absolute Gasteiger partial charge is 0.387 e. The summed E-state index contributed by atoms with van der Waals surface area (Å²) in [5.74, 6) is -0.836. The number of fused-ring (bicyclic) bond motifs is 1. The van der Waals surface area contributed by atoms with E-state index >= 15 is 0 Å². The molecular formula is C20H15F3N4O. The molecule has 4 rings (SSSR count). The minimum Gasteiger partial charge on any atom is -0.432 e. The monoisotopic (exact) mass is 384 g/mol. The van der Waals surface area contributed by atoms with Crippen molar-refractivity contribution in [3.63, 3.8) is 0 Å². The van der Waals surface area contributed by atoms with Crippen LogP contribution in [0.1, 0.15) is 0 Å². The number of alkyl halides is 2. The van der Waals surface area contributed by atoms with Crippen LogP contribution in [0, 0.1) is 5.82 Å². The Kier molecular flexibility index (Phi) is 4.60. The summed E-state index contributed by atoms with van der Waals surface area (Å²) in [7, 11) is 1.94. The van der Waals surface area contributed by atoms with Crippen LogP contribution in [0.25, 0.3) is 22.2 Å². The van der Waals surface area contributed by atoms with E-state index in [0.717, 1.165) is 28.6 Å². The van der Waals surface area contributed by atoms with Crippen molar-refractivity contribution < 1.29 is 17.9 Å². The fraction of sp³-hybridized carbons (Fsp3) is 0.100. The molecule has 8 heteroatoms. The average Bonchev–Trinajstić information content (AvgIpc) is 3.01. The van der Waals surface area contributed by atoms with Crippen molar-refractivity contribution in [3.8, 4) is 17.0 Å². The molecule has 2 aromatic heterocycles. The summed E-state index contributed by atoms with van der Waals surface area (Å²) in [4.78, 5) is 8.60. The zero-order valence-corrected chi connectivity index (χ0v) is 14.7. The molecule has 2 aromatic carbocycles. The first-order chi connectivity index (χ1) is 13.5. The molecule has 28 heavy (non-hydrogen) atoms. The van der Waals surface area contributed by atoms with Crippen molar-refractivity contribution >= 4 is 22.5 Å². The number of benzene rings is 2. The largest absolute Gasteiger partial charge is 0.432 e. The van der Waals surface area contributed by atoms with Crippen LogP contribution in [-0.2, 0) is 7.05 Å². The minimum atomic E-state index is -3.08. The molecule has 0 fully saturated rings. The molecule has 4 aromatic rings. The summed E-state index contributed by atoms with van der Waals surface area (Å²) in [5, 5.41) is 3.84. The maximum absolute atomic E-state index is 13.4. The number of rotatable bonds is 5. The highest BCUT2D eigenvalue weighted by Crippen LogP contribution is 2.31. The van der Waals surface area contributed by atoms with Crippen LogP contribution in [0.2, 0.25) is 0 Å². The summed E-state index contributed by atoms with van der Waals surface area (Å²) >= 11 is 0. The van der Waals surface area contributed by atoms with Crippen molar-refractivity contribution in [2.75, 3.05) is 5.32 Å². The topological polar surface area (TPSA) is 52.0 Å². The molecule has 0 aliphatic rings. The van der Waals surface area contributed by atoms with Crippen LogP contribution < -0.4 is 10.1 Å². The molecule has 0 amide bonds. The van der Waals surface area contributed by atoms with Crippen LogP contribution in [0.3, 0.4) is 0 Å². The number of aromatic nitrogens is 3. The normalized spacial score (nSPS) is 11.2. The highest BCUT2D eigenvalue weighted by molar-refractivity contribution is 5.95. The van der Waals surface area contributed by atoms with E-state index in [-0.39, 0.29) is 17.4 Å². The Morgan fingerprint density at radius 1 is 1.11 bits per heavy atom. The van der Waals surface area contributed by atoms with Gasteiger partial charge in [-0.15, -0.1) is 0 Å². The van der Waals surface area contributed by atoms with E-state index in [4.69, 9.17) is 0 Å². The number of hydrogen-bond acceptors (Lipinski definition) is 4. The van der Waals surface area contributed by atoms with Gasteiger partial charge in [0.15, 0.2) is 5.75 Å². The first-order valence-electron chi connectivity index (χ1n) is 8.40. The van der Waals surface area contributed by atoms with Gasteiger partial charge in [-0.25, -0.2) is 14.4 Å². The summed E-state index contributed by atoms with van der Waals surface area (Å²) in [6.45, 7) is -3.08. The van der Waals surface area contributed by atoms with Gasteiger partial charge in [0.2, 0.25) is 5.95 Å². The molecule has 0 bridgehead atoms.